The molecule has 1 N–H and O–H groups in total. The van der Waals surface area contributed by atoms with Gasteiger partial charge in [0.15, 0.2) is 0 Å². The highest BCUT2D eigenvalue weighted by Crippen LogP contribution is 2.28. The molecule has 0 saturated heterocycles. The molecule has 0 amide bonds. The van der Waals surface area contributed by atoms with Crippen molar-refractivity contribution in [3.05, 3.63) is 33.3 Å². The molecule has 21 heavy (non-hydrogen) atoms. The second-order valence-corrected chi connectivity index (χ2v) is 7.98. The molecule has 12 heteroatoms. The van der Waals surface area contributed by atoms with Crippen LogP contribution < -0.4 is 0 Å². The molecule has 0 aromatic heterocycles. The molecule has 9 nitrogen and oxygen atoms in total. The van der Waals surface area contributed by atoms with Crippen molar-refractivity contribution in [2.75, 3.05) is 19.3 Å². The van der Waals surface area contributed by atoms with Crippen LogP contribution in [0.1, 0.15) is 0 Å². The molecule has 0 fully saturated rings. The number of hydrogen-bond acceptors (Lipinski definition) is 6. The summed E-state index contributed by atoms with van der Waals surface area (Å²) >= 11 is 5.72. The Morgan fingerprint density at radius 3 is 2.38 bits per heavy atom. The zero-order valence-electron chi connectivity index (χ0n) is 10.6. The Bertz CT molecular complexity index is 760. The Balaban J connectivity index is 3.18. The maximum absolute atomic E-state index is 12.2. The number of halogens is 1. The molecule has 0 radical (unpaired) electrons. The first kappa shape index (κ1) is 17.8. The third kappa shape index (κ3) is 4.61. The minimum atomic E-state index is -4.34. The van der Waals surface area contributed by atoms with Crippen molar-refractivity contribution in [2.24, 2.45) is 0 Å². The van der Waals surface area contributed by atoms with Gasteiger partial charge in [-0.1, -0.05) is 11.6 Å². The molecule has 0 aliphatic rings. The van der Waals surface area contributed by atoms with E-state index in [4.69, 9.17) is 16.2 Å². The second-order valence-electron chi connectivity index (χ2n) is 3.98. The molecule has 0 aliphatic heterocycles. The van der Waals surface area contributed by atoms with Gasteiger partial charge in [-0.25, -0.2) is 8.42 Å². The van der Waals surface area contributed by atoms with Crippen molar-refractivity contribution in [2.45, 2.75) is 4.90 Å². The fourth-order valence-electron chi connectivity index (χ4n) is 1.34. The summed E-state index contributed by atoms with van der Waals surface area (Å²) in [5, 5.41) is 10.4. The number of hydrogen-bond donors (Lipinski definition) is 1. The minimum absolute atomic E-state index is 0.237. The van der Waals surface area contributed by atoms with E-state index < -0.39 is 47.9 Å². The van der Waals surface area contributed by atoms with E-state index in [-0.39, 0.29) is 5.02 Å². The molecule has 0 atom stereocenters. The molecule has 0 aliphatic carbocycles. The van der Waals surface area contributed by atoms with E-state index in [9.17, 15) is 26.9 Å². The SMILES string of the molecule is CN(CCS(=O)(=O)O)S(=O)(=O)c1cc([N+](=O)[O-])ccc1Cl. The van der Waals surface area contributed by atoms with Gasteiger partial charge in [0.2, 0.25) is 10.0 Å². The lowest BCUT2D eigenvalue weighted by Gasteiger charge is -2.17. The van der Waals surface area contributed by atoms with E-state index in [1.54, 1.807) is 0 Å². The van der Waals surface area contributed by atoms with Gasteiger partial charge in [-0.2, -0.15) is 12.7 Å². The zero-order chi connectivity index (χ0) is 16.4. The highest BCUT2D eigenvalue weighted by Gasteiger charge is 2.26. The summed E-state index contributed by atoms with van der Waals surface area (Å²) < 4.78 is 54.9. The highest BCUT2D eigenvalue weighted by atomic mass is 35.5. The Hall–Kier alpha value is -1.27. The number of nitro benzene ring substituents is 1. The number of rotatable bonds is 6. The monoisotopic (exact) mass is 358 g/mol. The molecule has 118 valence electrons. The first-order valence-electron chi connectivity index (χ1n) is 5.30. The Morgan fingerprint density at radius 1 is 1.33 bits per heavy atom. The summed E-state index contributed by atoms with van der Waals surface area (Å²) in [7, 11) is -7.50. The van der Waals surface area contributed by atoms with Gasteiger partial charge in [-0.15, -0.1) is 0 Å². The third-order valence-corrected chi connectivity index (χ3v) is 5.51. The smallest absolute Gasteiger partial charge is 0.270 e. The van der Waals surface area contributed by atoms with E-state index in [0.717, 1.165) is 25.2 Å². The molecule has 0 saturated carbocycles. The lowest BCUT2D eigenvalue weighted by Crippen LogP contribution is -2.31. The average Bonchev–Trinajstić information content (AvgIpc) is 2.34. The topological polar surface area (TPSA) is 135 Å². The van der Waals surface area contributed by atoms with Gasteiger partial charge in [-0.3, -0.25) is 14.7 Å². The molecule has 0 bridgehead atoms. The number of sulfonamides is 1. The quantitative estimate of drug-likeness (QED) is 0.450. The second kappa shape index (κ2) is 6.23. The molecule has 0 spiro atoms. The van der Waals surface area contributed by atoms with Crippen LogP contribution in [0.2, 0.25) is 5.02 Å². The molecule has 0 heterocycles. The van der Waals surface area contributed by atoms with Gasteiger partial charge in [0.25, 0.3) is 15.8 Å². The van der Waals surface area contributed by atoms with Crippen LogP contribution in [0.15, 0.2) is 23.1 Å². The highest BCUT2D eigenvalue weighted by molar-refractivity contribution is 7.89. The largest absolute Gasteiger partial charge is 0.286 e. The van der Waals surface area contributed by atoms with Crippen LogP contribution in [-0.4, -0.2) is 50.0 Å². The normalized spacial score (nSPS) is 12.6. The molecular formula is C9H11ClN2O7S2. The van der Waals surface area contributed by atoms with Gasteiger partial charge in [0.1, 0.15) is 4.90 Å². The number of benzene rings is 1. The first-order valence-corrected chi connectivity index (χ1v) is 8.73. The molecule has 0 unspecified atom stereocenters. The average molecular weight is 359 g/mol. The number of non-ortho nitro benzene ring substituents is 1. The van der Waals surface area contributed by atoms with Crippen LogP contribution >= 0.6 is 11.6 Å². The fourth-order valence-corrected chi connectivity index (χ4v) is 3.62. The predicted octanol–water partition coefficient (Wildman–Crippen LogP) is 0.757. The summed E-state index contributed by atoms with van der Waals surface area (Å²) in [5.41, 5.74) is -0.471. The fraction of sp³-hybridized carbons (Fsp3) is 0.333. The lowest BCUT2D eigenvalue weighted by molar-refractivity contribution is -0.385. The van der Waals surface area contributed by atoms with E-state index in [1.807, 2.05) is 0 Å². The Labute approximate surface area is 126 Å². The minimum Gasteiger partial charge on any atom is -0.286 e. The van der Waals surface area contributed by atoms with Crippen LogP contribution in [0, 0.1) is 10.1 Å². The van der Waals surface area contributed by atoms with E-state index >= 15 is 0 Å². The standard InChI is InChI=1S/C9H11ClN2O7S2/c1-11(4-5-20(15,16)17)21(18,19)9-6-7(12(13)14)2-3-8(9)10/h2-3,6H,4-5H2,1H3,(H,15,16,17). The van der Waals surface area contributed by atoms with Crippen LogP contribution in [0.25, 0.3) is 0 Å². The summed E-state index contributed by atoms with van der Waals surface area (Å²) in [6.07, 6.45) is 0. The van der Waals surface area contributed by atoms with Gasteiger partial charge in [0.05, 0.1) is 15.7 Å². The van der Waals surface area contributed by atoms with Crippen LogP contribution in [0.4, 0.5) is 5.69 Å². The summed E-state index contributed by atoms with van der Waals surface area (Å²) in [6.45, 7) is -0.528. The van der Waals surface area contributed by atoms with Crippen molar-refractivity contribution in [1.29, 1.82) is 0 Å². The number of nitro groups is 1. The van der Waals surface area contributed by atoms with Gasteiger partial charge >= 0.3 is 0 Å². The van der Waals surface area contributed by atoms with Crippen molar-refractivity contribution in [3.63, 3.8) is 0 Å². The maximum atomic E-state index is 12.2. The third-order valence-electron chi connectivity index (χ3n) is 2.48. The van der Waals surface area contributed by atoms with Crippen molar-refractivity contribution < 1.29 is 26.3 Å². The Kier molecular flexibility index (Phi) is 5.28. The van der Waals surface area contributed by atoms with E-state index in [1.165, 1.54) is 0 Å². The molecular weight excluding hydrogens is 348 g/mol. The zero-order valence-corrected chi connectivity index (χ0v) is 13.0. The Morgan fingerprint density at radius 2 is 1.90 bits per heavy atom. The van der Waals surface area contributed by atoms with Crippen LogP contribution in [0.3, 0.4) is 0 Å². The van der Waals surface area contributed by atoms with Crippen LogP contribution in [-0.2, 0) is 20.1 Å². The van der Waals surface area contributed by atoms with Crippen molar-refractivity contribution in [1.82, 2.24) is 4.31 Å². The first-order chi connectivity index (χ1) is 9.45. The van der Waals surface area contributed by atoms with Gasteiger partial charge < -0.3 is 0 Å². The lowest BCUT2D eigenvalue weighted by atomic mass is 10.3. The van der Waals surface area contributed by atoms with Gasteiger partial charge in [-0.05, 0) is 6.07 Å². The van der Waals surface area contributed by atoms with Crippen LogP contribution in [0.5, 0.6) is 0 Å². The number of nitrogens with zero attached hydrogens (tertiary/aromatic N) is 2. The molecule has 1 aromatic rings. The van der Waals surface area contributed by atoms with E-state index in [0.29, 0.717) is 4.31 Å². The summed E-state index contributed by atoms with van der Waals surface area (Å²) in [5.74, 6) is -0.810. The summed E-state index contributed by atoms with van der Waals surface area (Å²) in [4.78, 5) is 9.36. The van der Waals surface area contributed by atoms with Crippen molar-refractivity contribution >= 4 is 37.4 Å². The van der Waals surface area contributed by atoms with Crippen molar-refractivity contribution in [3.8, 4) is 0 Å². The maximum Gasteiger partial charge on any atom is 0.270 e. The van der Waals surface area contributed by atoms with E-state index in [2.05, 4.69) is 0 Å². The molecule has 1 aromatic carbocycles. The van der Waals surface area contributed by atoms with Gasteiger partial charge in [0, 0.05) is 25.7 Å². The predicted molar refractivity (Wildman–Crippen MR) is 74.3 cm³/mol. The summed E-state index contributed by atoms with van der Waals surface area (Å²) in [6, 6.07) is 2.88. The molecule has 1 rings (SSSR count).